The summed E-state index contributed by atoms with van der Waals surface area (Å²) in [6.07, 6.45) is 10.2. The van der Waals surface area contributed by atoms with Crippen molar-refractivity contribution in [2.24, 2.45) is 0 Å². The molecule has 90 valence electrons. The molecule has 0 amide bonds. The van der Waals surface area contributed by atoms with E-state index in [1.54, 1.807) is 0 Å². The fraction of sp³-hybridized carbons (Fsp3) is 0.833. The van der Waals surface area contributed by atoms with E-state index >= 15 is 0 Å². The van der Waals surface area contributed by atoms with Crippen LogP contribution in [0.4, 0.5) is 0 Å². The second kappa shape index (κ2) is 14.4. The normalized spacial score (nSPS) is 11.3. The molecule has 0 aromatic heterocycles. The van der Waals surface area contributed by atoms with Gasteiger partial charge in [-0.3, -0.25) is 0 Å². The third-order valence-corrected chi connectivity index (χ3v) is 2.55. The van der Waals surface area contributed by atoms with Crippen LogP contribution in [0.1, 0.15) is 39.0 Å². The van der Waals surface area contributed by atoms with Gasteiger partial charge in [0.2, 0.25) is 0 Å². The first kappa shape index (κ1) is 15.4. The number of ether oxygens (including phenoxy) is 2. The van der Waals surface area contributed by atoms with Crippen LogP contribution in [-0.4, -0.2) is 24.4 Å². The van der Waals surface area contributed by atoms with Gasteiger partial charge in [-0.15, -0.1) is 0 Å². The van der Waals surface area contributed by atoms with Gasteiger partial charge in [0.25, 0.3) is 0 Å². The van der Waals surface area contributed by atoms with Crippen molar-refractivity contribution in [1.29, 1.82) is 0 Å². The first-order chi connectivity index (χ1) is 7.41. The van der Waals surface area contributed by atoms with E-state index < -0.39 is 0 Å². The van der Waals surface area contributed by atoms with Crippen LogP contribution in [0.15, 0.2) is 12.2 Å². The molecule has 0 spiro atoms. The second-order valence-electron chi connectivity index (χ2n) is 3.38. The predicted octanol–water partition coefficient (Wildman–Crippen LogP) is 3.94. The SMILES string of the molecule is CCCCCOCOCC/C=C\CCI. The number of alkyl halides is 1. The van der Waals surface area contributed by atoms with Gasteiger partial charge in [0.15, 0.2) is 0 Å². The summed E-state index contributed by atoms with van der Waals surface area (Å²) in [5.41, 5.74) is 0. The van der Waals surface area contributed by atoms with Crippen LogP contribution in [0.2, 0.25) is 0 Å². The van der Waals surface area contributed by atoms with Gasteiger partial charge >= 0.3 is 0 Å². The number of halogens is 1. The molecule has 0 heterocycles. The molecule has 0 bridgehead atoms. The molecule has 0 N–H and O–H groups in total. The maximum Gasteiger partial charge on any atom is 0.146 e. The summed E-state index contributed by atoms with van der Waals surface area (Å²) in [5, 5.41) is 0. The van der Waals surface area contributed by atoms with Crippen molar-refractivity contribution in [2.45, 2.75) is 39.0 Å². The number of allylic oxidation sites excluding steroid dienone is 1. The summed E-state index contributed by atoms with van der Waals surface area (Å²) in [7, 11) is 0. The van der Waals surface area contributed by atoms with E-state index in [2.05, 4.69) is 41.7 Å². The van der Waals surface area contributed by atoms with Gasteiger partial charge in [-0.25, -0.2) is 0 Å². The Hall–Kier alpha value is 0.390. The highest BCUT2D eigenvalue weighted by atomic mass is 127. The zero-order valence-electron chi connectivity index (χ0n) is 9.71. The van der Waals surface area contributed by atoms with Gasteiger partial charge in [-0.05, 0) is 19.3 Å². The zero-order valence-corrected chi connectivity index (χ0v) is 11.9. The highest BCUT2D eigenvalue weighted by Crippen LogP contribution is 1.95. The molecular weight excluding hydrogens is 303 g/mol. The molecule has 0 saturated heterocycles. The standard InChI is InChI=1S/C12H23IO2/c1-2-3-7-10-14-12-15-11-8-5-4-6-9-13/h4-5H,2-3,6-12H2,1H3/b5-4-. The van der Waals surface area contributed by atoms with Crippen molar-refractivity contribution in [2.75, 3.05) is 24.4 Å². The molecular formula is C12H23IO2. The van der Waals surface area contributed by atoms with Crippen molar-refractivity contribution in [3.63, 3.8) is 0 Å². The Morgan fingerprint density at radius 3 is 2.47 bits per heavy atom. The zero-order chi connectivity index (χ0) is 11.2. The minimum absolute atomic E-state index is 0.448. The third kappa shape index (κ3) is 14.4. The first-order valence-corrected chi connectivity index (χ1v) is 7.30. The summed E-state index contributed by atoms with van der Waals surface area (Å²) < 4.78 is 11.8. The quantitative estimate of drug-likeness (QED) is 0.188. The Labute approximate surface area is 108 Å². The molecule has 0 aliphatic heterocycles. The lowest BCUT2D eigenvalue weighted by atomic mass is 10.3. The lowest BCUT2D eigenvalue weighted by molar-refractivity contribution is -0.0531. The van der Waals surface area contributed by atoms with Crippen LogP contribution >= 0.6 is 22.6 Å². The van der Waals surface area contributed by atoms with Gasteiger partial charge < -0.3 is 9.47 Å². The molecule has 0 radical (unpaired) electrons. The van der Waals surface area contributed by atoms with Crippen LogP contribution in [0.3, 0.4) is 0 Å². The molecule has 0 atom stereocenters. The Balaban J connectivity index is 2.92. The molecule has 0 aromatic rings. The fourth-order valence-electron chi connectivity index (χ4n) is 1.08. The number of hydrogen-bond acceptors (Lipinski definition) is 2. The van der Waals surface area contributed by atoms with E-state index in [1.807, 2.05) is 0 Å². The smallest absolute Gasteiger partial charge is 0.146 e. The number of rotatable bonds is 11. The molecule has 0 rings (SSSR count). The monoisotopic (exact) mass is 326 g/mol. The maximum absolute atomic E-state index is 5.32. The highest BCUT2D eigenvalue weighted by molar-refractivity contribution is 14.1. The first-order valence-electron chi connectivity index (χ1n) is 5.78. The highest BCUT2D eigenvalue weighted by Gasteiger charge is 1.88. The van der Waals surface area contributed by atoms with Crippen LogP contribution in [0.25, 0.3) is 0 Å². The lowest BCUT2D eigenvalue weighted by Crippen LogP contribution is -2.02. The Kier molecular flexibility index (Phi) is 14.8. The third-order valence-electron chi connectivity index (χ3n) is 1.93. The second-order valence-corrected chi connectivity index (χ2v) is 4.46. The Morgan fingerprint density at radius 2 is 1.73 bits per heavy atom. The summed E-state index contributed by atoms with van der Waals surface area (Å²) in [4.78, 5) is 0. The van der Waals surface area contributed by atoms with E-state index in [-0.39, 0.29) is 0 Å². The lowest BCUT2D eigenvalue weighted by Gasteiger charge is -2.03. The van der Waals surface area contributed by atoms with Crippen LogP contribution in [0, 0.1) is 0 Å². The summed E-state index contributed by atoms with van der Waals surface area (Å²) in [6, 6.07) is 0. The molecule has 0 aromatic carbocycles. The van der Waals surface area contributed by atoms with E-state index in [0.717, 1.165) is 32.5 Å². The maximum atomic E-state index is 5.32. The van der Waals surface area contributed by atoms with Crippen molar-refractivity contribution >= 4 is 22.6 Å². The molecule has 0 fully saturated rings. The summed E-state index contributed by atoms with van der Waals surface area (Å²) >= 11 is 2.38. The van der Waals surface area contributed by atoms with Gasteiger partial charge in [-0.1, -0.05) is 54.5 Å². The van der Waals surface area contributed by atoms with Crippen molar-refractivity contribution in [3.8, 4) is 0 Å². The van der Waals surface area contributed by atoms with Gasteiger partial charge in [0.05, 0.1) is 6.61 Å². The molecule has 3 heteroatoms. The average Bonchev–Trinajstić information content (AvgIpc) is 2.26. The molecule has 15 heavy (non-hydrogen) atoms. The molecule has 0 saturated carbocycles. The Morgan fingerprint density at radius 1 is 1.00 bits per heavy atom. The van der Waals surface area contributed by atoms with Crippen LogP contribution in [0.5, 0.6) is 0 Å². The van der Waals surface area contributed by atoms with Gasteiger partial charge in [-0.2, -0.15) is 0 Å². The largest absolute Gasteiger partial charge is 0.355 e. The summed E-state index contributed by atoms with van der Waals surface area (Å²) in [6.45, 7) is 4.24. The predicted molar refractivity (Wildman–Crippen MR) is 73.6 cm³/mol. The average molecular weight is 326 g/mol. The van der Waals surface area contributed by atoms with Gasteiger partial charge in [0, 0.05) is 11.0 Å². The fourth-order valence-corrected chi connectivity index (χ4v) is 1.44. The topological polar surface area (TPSA) is 18.5 Å². The van der Waals surface area contributed by atoms with Gasteiger partial charge in [0.1, 0.15) is 6.79 Å². The summed E-state index contributed by atoms with van der Waals surface area (Å²) in [5.74, 6) is 0. The minimum Gasteiger partial charge on any atom is -0.355 e. The number of hydrogen-bond donors (Lipinski definition) is 0. The molecule has 0 aliphatic carbocycles. The van der Waals surface area contributed by atoms with E-state index in [0.29, 0.717) is 6.79 Å². The minimum atomic E-state index is 0.448. The van der Waals surface area contributed by atoms with Crippen molar-refractivity contribution < 1.29 is 9.47 Å². The van der Waals surface area contributed by atoms with Crippen LogP contribution < -0.4 is 0 Å². The molecule has 0 unspecified atom stereocenters. The molecule has 2 nitrogen and oxygen atoms in total. The van der Waals surface area contributed by atoms with E-state index in [4.69, 9.17) is 9.47 Å². The Bertz CT molecular complexity index is 138. The van der Waals surface area contributed by atoms with Crippen molar-refractivity contribution in [3.05, 3.63) is 12.2 Å². The van der Waals surface area contributed by atoms with E-state index in [1.165, 1.54) is 17.3 Å². The van der Waals surface area contributed by atoms with Crippen molar-refractivity contribution in [1.82, 2.24) is 0 Å². The number of unbranched alkanes of at least 4 members (excludes halogenated alkanes) is 2. The molecule has 0 aliphatic rings. The van der Waals surface area contributed by atoms with Crippen LogP contribution in [-0.2, 0) is 9.47 Å². The van der Waals surface area contributed by atoms with E-state index in [9.17, 15) is 0 Å².